The third-order valence-corrected chi connectivity index (χ3v) is 3.50. The molecule has 2 rings (SSSR count). The summed E-state index contributed by atoms with van der Waals surface area (Å²) < 4.78 is 0. The normalized spacial score (nSPS) is 12.4. The number of hydrogen-bond acceptors (Lipinski definition) is 1. The molecule has 0 aliphatic carbocycles. The van der Waals surface area contributed by atoms with Gasteiger partial charge in [0.05, 0.1) is 0 Å². The largest absolute Gasteiger partial charge is 0.310 e. The average molecular weight is 274 g/mol. The molecule has 19 heavy (non-hydrogen) atoms. The predicted octanol–water partition coefficient (Wildman–Crippen LogP) is 5.07. The van der Waals surface area contributed by atoms with E-state index in [1.165, 1.54) is 11.1 Å². The lowest BCUT2D eigenvalue weighted by molar-refractivity contribution is 0.571. The minimum atomic E-state index is 0.397. The maximum atomic E-state index is 6.02. The van der Waals surface area contributed by atoms with E-state index in [4.69, 9.17) is 11.6 Å². The van der Waals surface area contributed by atoms with E-state index in [0.29, 0.717) is 6.04 Å². The van der Waals surface area contributed by atoms with Crippen LogP contribution in [0, 0.1) is 0 Å². The highest BCUT2D eigenvalue weighted by atomic mass is 35.5. The number of nitrogens with one attached hydrogen (secondary N) is 1. The van der Waals surface area contributed by atoms with Crippen LogP contribution in [0.3, 0.4) is 0 Å². The van der Waals surface area contributed by atoms with Crippen LogP contribution in [-0.2, 0) is 0 Å². The Labute approximate surface area is 120 Å². The lowest BCUT2D eigenvalue weighted by Gasteiger charge is -2.14. The minimum Gasteiger partial charge on any atom is -0.310 e. The van der Waals surface area contributed by atoms with Crippen LogP contribution in [0.25, 0.3) is 11.1 Å². The lowest BCUT2D eigenvalue weighted by atomic mass is 10.0. The molecular weight excluding hydrogens is 254 g/mol. The molecule has 0 saturated carbocycles. The molecule has 1 atom stereocenters. The Morgan fingerprint density at radius 2 is 1.79 bits per heavy atom. The highest BCUT2D eigenvalue weighted by Gasteiger charge is 2.04. The van der Waals surface area contributed by atoms with E-state index in [9.17, 15) is 0 Å². The van der Waals surface area contributed by atoms with Crippen molar-refractivity contribution in [2.75, 3.05) is 6.54 Å². The second-order valence-electron chi connectivity index (χ2n) is 4.81. The molecule has 0 aromatic heterocycles. The van der Waals surface area contributed by atoms with Crippen molar-refractivity contribution in [3.8, 4) is 11.1 Å². The van der Waals surface area contributed by atoms with Gasteiger partial charge in [-0.3, -0.25) is 0 Å². The predicted molar refractivity (Wildman–Crippen MR) is 83.6 cm³/mol. The SMILES string of the molecule is CCCNC(C)c1ccc(-c2cccc(Cl)c2)cc1. The van der Waals surface area contributed by atoms with Crippen molar-refractivity contribution in [2.24, 2.45) is 0 Å². The fourth-order valence-electron chi connectivity index (χ4n) is 2.11. The first kappa shape index (κ1) is 14.1. The highest BCUT2D eigenvalue weighted by Crippen LogP contribution is 2.24. The van der Waals surface area contributed by atoms with E-state index in [0.717, 1.165) is 23.6 Å². The summed E-state index contributed by atoms with van der Waals surface area (Å²) in [4.78, 5) is 0. The van der Waals surface area contributed by atoms with Gasteiger partial charge in [-0.2, -0.15) is 0 Å². The zero-order valence-corrected chi connectivity index (χ0v) is 12.2. The Morgan fingerprint density at radius 1 is 1.05 bits per heavy atom. The molecule has 0 amide bonds. The molecular formula is C17H20ClN. The van der Waals surface area contributed by atoms with E-state index < -0.39 is 0 Å². The average Bonchev–Trinajstić information content (AvgIpc) is 2.45. The number of rotatable bonds is 5. The van der Waals surface area contributed by atoms with Crippen LogP contribution >= 0.6 is 11.6 Å². The Balaban J connectivity index is 2.14. The lowest BCUT2D eigenvalue weighted by Crippen LogP contribution is -2.19. The summed E-state index contributed by atoms with van der Waals surface area (Å²) >= 11 is 6.02. The second kappa shape index (κ2) is 6.74. The summed E-state index contributed by atoms with van der Waals surface area (Å²) in [5.74, 6) is 0. The zero-order chi connectivity index (χ0) is 13.7. The minimum absolute atomic E-state index is 0.397. The summed E-state index contributed by atoms with van der Waals surface area (Å²) in [5, 5.41) is 4.27. The van der Waals surface area contributed by atoms with Gasteiger partial charge in [-0.25, -0.2) is 0 Å². The van der Waals surface area contributed by atoms with E-state index in [-0.39, 0.29) is 0 Å². The van der Waals surface area contributed by atoms with Crippen LogP contribution in [0.15, 0.2) is 48.5 Å². The topological polar surface area (TPSA) is 12.0 Å². The van der Waals surface area contributed by atoms with Crippen molar-refractivity contribution in [3.63, 3.8) is 0 Å². The van der Waals surface area contributed by atoms with Gasteiger partial charge in [-0.05, 0) is 48.7 Å². The van der Waals surface area contributed by atoms with Crippen molar-refractivity contribution in [2.45, 2.75) is 26.3 Å². The number of benzene rings is 2. The van der Waals surface area contributed by atoms with Crippen LogP contribution < -0.4 is 5.32 Å². The summed E-state index contributed by atoms with van der Waals surface area (Å²) in [6.07, 6.45) is 1.16. The fraction of sp³-hybridized carbons (Fsp3) is 0.294. The van der Waals surface area contributed by atoms with Crippen LogP contribution in [0.4, 0.5) is 0 Å². The molecule has 2 heteroatoms. The van der Waals surface area contributed by atoms with E-state index in [1.54, 1.807) is 0 Å². The van der Waals surface area contributed by atoms with E-state index in [2.05, 4.69) is 49.5 Å². The fourth-order valence-corrected chi connectivity index (χ4v) is 2.30. The van der Waals surface area contributed by atoms with Gasteiger partial charge in [-0.15, -0.1) is 0 Å². The molecule has 1 nitrogen and oxygen atoms in total. The summed E-state index contributed by atoms with van der Waals surface area (Å²) in [7, 11) is 0. The van der Waals surface area contributed by atoms with E-state index in [1.807, 2.05) is 18.2 Å². The molecule has 0 radical (unpaired) electrons. The summed E-state index contributed by atoms with van der Waals surface area (Å²) in [6.45, 7) is 5.43. The molecule has 0 heterocycles. The molecule has 0 saturated heterocycles. The van der Waals surface area contributed by atoms with Gasteiger partial charge in [0.25, 0.3) is 0 Å². The third-order valence-electron chi connectivity index (χ3n) is 3.27. The van der Waals surface area contributed by atoms with Crippen LogP contribution in [0.5, 0.6) is 0 Å². The summed E-state index contributed by atoms with van der Waals surface area (Å²) in [6, 6.07) is 17.0. The van der Waals surface area contributed by atoms with Crippen molar-refractivity contribution in [3.05, 3.63) is 59.1 Å². The first-order valence-corrected chi connectivity index (χ1v) is 7.18. The number of halogens is 1. The van der Waals surface area contributed by atoms with Crippen LogP contribution in [-0.4, -0.2) is 6.54 Å². The zero-order valence-electron chi connectivity index (χ0n) is 11.5. The van der Waals surface area contributed by atoms with Gasteiger partial charge in [0.1, 0.15) is 0 Å². The van der Waals surface area contributed by atoms with Gasteiger partial charge in [0.15, 0.2) is 0 Å². The van der Waals surface area contributed by atoms with Crippen molar-refractivity contribution in [1.29, 1.82) is 0 Å². The van der Waals surface area contributed by atoms with Gasteiger partial charge in [0, 0.05) is 11.1 Å². The Hall–Kier alpha value is -1.31. The summed E-state index contributed by atoms with van der Waals surface area (Å²) in [5.41, 5.74) is 3.68. The first-order valence-electron chi connectivity index (χ1n) is 6.80. The Morgan fingerprint density at radius 3 is 2.42 bits per heavy atom. The highest BCUT2D eigenvalue weighted by molar-refractivity contribution is 6.30. The molecule has 0 aliphatic rings. The molecule has 0 spiro atoms. The number of hydrogen-bond donors (Lipinski definition) is 1. The molecule has 1 unspecified atom stereocenters. The first-order chi connectivity index (χ1) is 9.20. The Kier molecular flexibility index (Phi) is 5.00. The standard InChI is InChI=1S/C17H20ClN/c1-3-11-19-13(2)14-7-9-15(10-8-14)16-5-4-6-17(18)12-16/h4-10,12-13,19H,3,11H2,1-2H3. The van der Waals surface area contributed by atoms with Gasteiger partial charge < -0.3 is 5.32 Å². The smallest absolute Gasteiger partial charge is 0.0412 e. The van der Waals surface area contributed by atoms with Gasteiger partial charge in [-0.1, -0.05) is 54.9 Å². The monoisotopic (exact) mass is 273 g/mol. The molecule has 2 aromatic carbocycles. The quantitative estimate of drug-likeness (QED) is 0.802. The van der Waals surface area contributed by atoms with Gasteiger partial charge >= 0.3 is 0 Å². The second-order valence-corrected chi connectivity index (χ2v) is 5.24. The van der Waals surface area contributed by atoms with Crippen molar-refractivity contribution < 1.29 is 0 Å². The maximum absolute atomic E-state index is 6.02. The maximum Gasteiger partial charge on any atom is 0.0412 e. The molecule has 100 valence electrons. The van der Waals surface area contributed by atoms with Crippen molar-refractivity contribution in [1.82, 2.24) is 5.32 Å². The third kappa shape index (κ3) is 3.82. The van der Waals surface area contributed by atoms with Crippen molar-refractivity contribution >= 4 is 11.6 Å². The van der Waals surface area contributed by atoms with E-state index >= 15 is 0 Å². The molecule has 0 bridgehead atoms. The van der Waals surface area contributed by atoms with Gasteiger partial charge in [0.2, 0.25) is 0 Å². The van der Waals surface area contributed by atoms with Crippen LogP contribution in [0.1, 0.15) is 31.9 Å². The molecule has 1 N–H and O–H groups in total. The molecule has 0 fully saturated rings. The van der Waals surface area contributed by atoms with Crippen LogP contribution in [0.2, 0.25) is 5.02 Å². The molecule has 0 aliphatic heterocycles. The Bertz CT molecular complexity index is 519. The molecule has 2 aromatic rings.